The monoisotopic (exact) mass is 243 g/mol. The van der Waals surface area contributed by atoms with Crippen LogP contribution in [0.1, 0.15) is 23.7 Å². The number of rotatable bonds is 5. The molecular weight excluding hydrogens is 230 g/mol. The highest BCUT2D eigenvalue weighted by molar-refractivity contribution is 6.17. The summed E-state index contributed by atoms with van der Waals surface area (Å²) in [6.07, 6.45) is -0.0343. The minimum absolute atomic E-state index is 0.236. The van der Waals surface area contributed by atoms with E-state index in [1.54, 1.807) is 18.2 Å². The van der Waals surface area contributed by atoms with E-state index in [0.717, 1.165) is 18.4 Å². The Bertz CT molecular complexity index is 381. The Morgan fingerprint density at radius 1 is 1.50 bits per heavy atom. The van der Waals surface area contributed by atoms with Crippen LogP contribution in [0.5, 0.6) is 0 Å². The van der Waals surface area contributed by atoms with Crippen LogP contribution >= 0.6 is 11.6 Å². The summed E-state index contributed by atoms with van der Waals surface area (Å²) in [5, 5.41) is 18.1. The number of hydrogen-bond donors (Lipinski definition) is 3. The molecule has 1 atom stereocenters. The first kappa shape index (κ1) is 12.8. The molecule has 0 heterocycles. The van der Waals surface area contributed by atoms with E-state index in [2.05, 4.69) is 0 Å². The molecule has 0 amide bonds. The topological polar surface area (TPSA) is 83.5 Å². The Morgan fingerprint density at radius 2 is 2.19 bits per heavy atom. The summed E-state index contributed by atoms with van der Waals surface area (Å²) < 4.78 is 0. The van der Waals surface area contributed by atoms with Crippen molar-refractivity contribution in [3.8, 4) is 0 Å². The minimum Gasteiger partial charge on any atom is -0.479 e. The molecule has 5 heteroatoms. The van der Waals surface area contributed by atoms with E-state index in [4.69, 9.17) is 22.4 Å². The van der Waals surface area contributed by atoms with Crippen LogP contribution < -0.4 is 5.73 Å². The molecule has 4 nitrogen and oxygen atoms in total. The van der Waals surface area contributed by atoms with Crippen LogP contribution in [0.3, 0.4) is 0 Å². The van der Waals surface area contributed by atoms with Crippen LogP contribution in [0, 0.1) is 0 Å². The number of carbonyl (C=O) groups is 1. The van der Waals surface area contributed by atoms with Gasteiger partial charge in [0.2, 0.25) is 0 Å². The second-order valence-electron chi connectivity index (χ2n) is 3.50. The van der Waals surface area contributed by atoms with E-state index in [0.29, 0.717) is 5.88 Å². The van der Waals surface area contributed by atoms with Crippen LogP contribution in [0.15, 0.2) is 18.2 Å². The Labute approximate surface area is 98.6 Å². The molecule has 1 rings (SSSR count). The fourth-order valence-electron chi connectivity index (χ4n) is 1.42. The predicted molar refractivity (Wildman–Crippen MR) is 62.5 cm³/mol. The molecule has 0 spiro atoms. The SMILES string of the molecule is Nc1ccc(CCCCl)cc1C(O)C(=O)O. The van der Waals surface area contributed by atoms with Gasteiger partial charge in [-0.3, -0.25) is 0 Å². The number of anilines is 1. The van der Waals surface area contributed by atoms with Gasteiger partial charge in [-0.2, -0.15) is 0 Å². The van der Waals surface area contributed by atoms with Gasteiger partial charge in [-0.25, -0.2) is 4.79 Å². The zero-order chi connectivity index (χ0) is 12.1. The normalized spacial score (nSPS) is 12.4. The largest absolute Gasteiger partial charge is 0.479 e. The van der Waals surface area contributed by atoms with Gasteiger partial charge in [0.15, 0.2) is 6.10 Å². The molecule has 1 aromatic rings. The molecule has 4 N–H and O–H groups in total. The van der Waals surface area contributed by atoms with Crippen LogP contribution in [-0.2, 0) is 11.2 Å². The molecule has 0 aliphatic heterocycles. The van der Waals surface area contributed by atoms with Crippen molar-refractivity contribution in [1.29, 1.82) is 0 Å². The third-order valence-corrected chi connectivity index (χ3v) is 2.55. The summed E-state index contributed by atoms with van der Waals surface area (Å²) in [4.78, 5) is 10.7. The van der Waals surface area contributed by atoms with E-state index >= 15 is 0 Å². The van der Waals surface area contributed by atoms with E-state index in [-0.39, 0.29) is 11.3 Å². The number of aliphatic carboxylic acids is 1. The zero-order valence-corrected chi connectivity index (χ0v) is 9.44. The van der Waals surface area contributed by atoms with Gasteiger partial charge < -0.3 is 15.9 Å². The van der Waals surface area contributed by atoms with Gasteiger partial charge in [-0.1, -0.05) is 12.1 Å². The lowest BCUT2D eigenvalue weighted by atomic mass is 10.0. The lowest BCUT2D eigenvalue weighted by molar-refractivity contribution is -0.146. The highest BCUT2D eigenvalue weighted by Gasteiger charge is 2.18. The first-order valence-corrected chi connectivity index (χ1v) is 5.45. The lowest BCUT2D eigenvalue weighted by Gasteiger charge is -2.11. The average molecular weight is 244 g/mol. The first-order chi connectivity index (χ1) is 7.56. The van der Waals surface area contributed by atoms with Gasteiger partial charge in [-0.15, -0.1) is 11.6 Å². The molecule has 88 valence electrons. The highest BCUT2D eigenvalue weighted by Crippen LogP contribution is 2.22. The Morgan fingerprint density at radius 3 is 2.75 bits per heavy atom. The summed E-state index contributed by atoms with van der Waals surface area (Å²) in [5.41, 5.74) is 7.05. The number of benzene rings is 1. The molecule has 0 bridgehead atoms. The molecule has 1 aromatic carbocycles. The number of aryl methyl sites for hydroxylation is 1. The van der Waals surface area contributed by atoms with Gasteiger partial charge >= 0.3 is 5.97 Å². The van der Waals surface area contributed by atoms with Gasteiger partial charge in [0.05, 0.1) is 0 Å². The van der Waals surface area contributed by atoms with Crippen molar-refractivity contribution in [3.05, 3.63) is 29.3 Å². The fraction of sp³-hybridized carbons (Fsp3) is 0.364. The summed E-state index contributed by atoms with van der Waals surface area (Å²) in [7, 11) is 0. The maximum atomic E-state index is 10.7. The molecule has 1 unspecified atom stereocenters. The number of hydrogen-bond acceptors (Lipinski definition) is 3. The third-order valence-electron chi connectivity index (χ3n) is 2.28. The third kappa shape index (κ3) is 3.12. The predicted octanol–water partition coefficient (Wildman–Crippen LogP) is 1.56. The maximum Gasteiger partial charge on any atom is 0.337 e. The van der Waals surface area contributed by atoms with Crippen LogP contribution in [0.4, 0.5) is 5.69 Å². The van der Waals surface area contributed by atoms with E-state index < -0.39 is 12.1 Å². The van der Waals surface area contributed by atoms with Gasteiger partial charge in [0.25, 0.3) is 0 Å². The van der Waals surface area contributed by atoms with Crippen molar-refractivity contribution in [2.45, 2.75) is 18.9 Å². The number of carboxylic acids is 1. The number of alkyl halides is 1. The van der Waals surface area contributed by atoms with E-state index in [1.807, 2.05) is 0 Å². The van der Waals surface area contributed by atoms with E-state index in [9.17, 15) is 9.90 Å². The van der Waals surface area contributed by atoms with Crippen molar-refractivity contribution in [2.75, 3.05) is 11.6 Å². The van der Waals surface area contributed by atoms with Gasteiger partial charge in [-0.05, 0) is 24.5 Å². The molecular formula is C11H14ClNO3. The van der Waals surface area contributed by atoms with Crippen molar-refractivity contribution in [2.24, 2.45) is 0 Å². The number of nitrogen functional groups attached to an aromatic ring is 1. The van der Waals surface area contributed by atoms with Crippen molar-refractivity contribution >= 4 is 23.3 Å². The molecule has 0 saturated heterocycles. The number of aliphatic hydroxyl groups is 1. The molecule has 0 radical (unpaired) electrons. The molecule has 16 heavy (non-hydrogen) atoms. The van der Waals surface area contributed by atoms with E-state index in [1.165, 1.54) is 0 Å². The smallest absolute Gasteiger partial charge is 0.337 e. The number of nitrogens with two attached hydrogens (primary N) is 1. The Hall–Kier alpha value is -1.26. The maximum absolute atomic E-state index is 10.7. The standard InChI is InChI=1S/C11H14ClNO3/c12-5-1-2-7-3-4-9(13)8(6-7)10(14)11(15)16/h3-4,6,10,14H,1-2,5,13H2,(H,15,16). The quantitative estimate of drug-likeness (QED) is 0.541. The highest BCUT2D eigenvalue weighted by atomic mass is 35.5. The number of carboxylic acid groups (broad SMARTS) is 1. The lowest BCUT2D eigenvalue weighted by Crippen LogP contribution is -2.13. The minimum atomic E-state index is -1.57. The summed E-state index contributed by atoms with van der Waals surface area (Å²) in [6, 6.07) is 5.02. The second kappa shape index (κ2) is 5.72. The first-order valence-electron chi connectivity index (χ1n) is 4.91. The van der Waals surface area contributed by atoms with Crippen molar-refractivity contribution in [3.63, 3.8) is 0 Å². The average Bonchev–Trinajstić information content (AvgIpc) is 2.27. The van der Waals surface area contributed by atoms with Crippen molar-refractivity contribution in [1.82, 2.24) is 0 Å². The molecule has 0 aliphatic rings. The van der Waals surface area contributed by atoms with Crippen molar-refractivity contribution < 1.29 is 15.0 Å². The van der Waals surface area contributed by atoms with Gasteiger partial charge in [0, 0.05) is 17.1 Å². The number of aliphatic hydroxyl groups excluding tert-OH is 1. The molecule has 0 fully saturated rings. The van der Waals surface area contributed by atoms with Gasteiger partial charge in [0.1, 0.15) is 0 Å². The fourth-order valence-corrected chi connectivity index (χ4v) is 1.55. The molecule has 0 saturated carbocycles. The van der Waals surface area contributed by atoms with Crippen LogP contribution in [0.25, 0.3) is 0 Å². The molecule has 0 aliphatic carbocycles. The Balaban J connectivity index is 2.94. The summed E-state index contributed by atoms with van der Waals surface area (Å²) in [6.45, 7) is 0. The second-order valence-corrected chi connectivity index (χ2v) is 3.87. The Kier molecular flexibility index (Phi) is 4.58. The summed E-state index contributed by atoms with van der Waals surface area (Å²) in [5.74, 6) is -0.762. The number of halogens is 1. The summed E-state index contributed by atoms with van der Waals surface area (Å²) >= 11 is 5.57. The van der Waals surface area contributed by atoms with Crippen LogP contribution in [-0.4, -0.2) is 22.1 Å². The molecule has 0 aromatic heterocycles. The van der Waals surface area contributed by atoms with Crippen LogP contribution in [0.2, 0.25) is 0 Å². The zero-order valence-electron chi connectivity index (χ0n) is 8.69.